The lowest BCUT2D eigenvalue weighted by atomic mass is 10.3. The Morgan fingerprint density at radius 2 is 2.11 bits per heavy atom. The Hall–Kier alpha value is -1.99. The number of hydrogen-bond donors (Lipinski definition) is 2. The van der Waals surface area contributed by atoms with Crippen molar-refractivity contribution in [1.29, 1.82) is 0 Å². The molecule has 2 aromatic rings. The summed E-state index contributed by atoms with van der Waals surface area (Å²) in [7, 11) is 0. The Morgan fingerprint density at radius 1 is 1.37 bits per heavy atom. The van der Waals surface area contributed by atoms with Gasteiger partial charge in [-0.3, -0.25) is 0 Å². The molecule has 8 heteroatoms. The Kier molecular flexibility index (Phi) is 3.77. The molecular weight excluding hydrogens is 280 g/mol. The zero-order valence-corrected chi connectivity index (χ0v) is 10.2. The lowest BCUT2D eigenvalue weighted by Gasteiger charge is -2.09. The minimum absolute atomic E-state index is 0.0568. The van der Waals surface area contributed by atoms with Crippen molar-refractivity contribution in [2.45, 2.75) is 6.61 Å². The van der Waals surface area contributed by atoms with E-state index >= 15 is 0 Å². The van der Waals surface area contributed by atoms with Crippen molar-refractivity contribution in [2.24, 2.45) is 0 Å². The van der Waals surface area contributed by atoms with Crippen LogP contribution in [0, 0.1) is 11.6 Å². The standard InChI is InChI=1S/C11H8ClF2N3O2/c12-6-1-5(13)2-7(14)10(6)19-9-3-16-8(4-18)11(15)17-9/h1-3,18H,4H2,(H2,15,17). The highest BCUT2D eigenvalue weighted by Crippen LogP contribution is 2.32. The molecule has 0 aliphatic carbocycles. The molecule has 100 valence electrons. The predicted molar refractivity (Wildman–Crippen MR) is 63.8 cm³/mol. The van der Waals surface area contributed by atoms with Crippen molar-refractivity contribution in [3.8, 4) is 11.6 Å². The number of aliphatic hydroxyl groups is 1. The summed E-state index contributed by atoms with van der Waals surface area (Å²) in [5, 5.41) is 8.63. The summed E-state index contributed by atoms with van der Waals surface area (Å²) >= 11 is 5.66. The summed E-state index contributed by atoms with van der Waals surface area (Å²) in [6.07, 6.45) is 1.14. The second kappa shape index (κ2) is 5.33. The molecule has 0 spiro atoms. The number of nitrogens with two attached hydrogens (primary N) is 1. The van der Waals surface area contributed by atoms with E-state index in [4.69, 9.17) is 27.2 Å². The van der Waals surface area contributed by atoms with Gasteiger partial charge >= 0.3 is 0 Å². The van der Waals surface area contributed by atoms with E-state index < -0.39 is 11.6 Å². The first kappa shape index (κ1) is 13.4. The second-order valence-corrected chi connectivity index (χ2v) is 3.91. The van der Waals surface area contributed by atoms with E-state index in [-0.39, 0.29) is 34.8 Å². The first-order valence-corrected chi connectivity index (χ1v) is 5.43. The van der Waals surface area contributed by atoms with Gasteiger partial charge in [-0.25, -0.2) is 13.8 Å². The maximum Gasteiger partial charge on any atom is 0.240 e. The number of benzene rings is 1. The normalized spacial score (nSPS) is 10.5. The van der Waals surface area contributed by atoms with Crippen LogP contribution in [0.15, 0.2) is 18.3 Å². The molecule has 0 atom stereocenters. The molecular formula is C11H8ClF2N3O2. The second-order valence-electron chi connectivity index (χ2n) is 3.50. The highest BCUT2D eigenvalue weighted by Gasteiger charge is 2.14. The van der Waals surface area contributed by atoms with E-state index in [2.05, 4.69) is 9.97 Å². The third kappa shape index (κ3) is 2.88. The van der Waals surface area contributed by atoms with Crippen molar-refractivity contribution < 1.29 is 18.6 Å². The van der Waals surface area contributed by atoms with Crippen LogP contribution in [0.1, 0.15) is 5.69 Å². The first-order valence-electron chi connectivity index (χ1n) is 5.06. The van der Waals surface area contributed by atoms with E-state index in [1.54, 1.807) is 0 Å². The van der Waals surface area contributed by atoms with Crippen LogP contribution in [-0.2, 0) is 6.61 Å². The van der Waals surface area contributed by atoms with Gasteiger partial charge < -0.3 is 15.6 Å². The van der Waals surface area contributed by atoms with Crippen LogP contribution in [0.5, 0.6) is 11.6 Å². The third-order valence-corrected chi connectivity index (χ3v) is 2.46. The number of nitrogen functional groups attached to an aromatic ring is 1. The summed E-state index contributed by atoms with van der Waals surface area (Å²) in [6.45, 7) is -0.384. The SMILES string of the molecule is Nc1nc(Oc2c(F)cc(F)cc2Cl)cnc1CO. The van der Waals surface area contributed by atoms with Crippen LogP contribution in [0.2, 0.25) is 5.02 Å². The van der Waals surface area contributed by atoms with Crippen LogP contribution in [0.3, 0.4) is 0 Å². The van der Waals surface area contributed by atoms with Gasteiger partial charge in [0.1, 0.15) is 11.5 Å². The topological polar surface area (TPSA) is 81.3 Å². The molecule has 0 saturated heterocycles. The fourth-order valence-corrected chi connectivity index (χ4v) is 1.55. The van der Waals surface area contributed by atoms with E-state index in [0.717, 1.165) is 12.3 Å². The maximum atomic E-state index is 13.5. The average Bonchev–Trinajstić information content (AvgIpc) is 2.34. The minimum Gasteiger partial charge on any atom is -0.433 e. The molecule has 19 heavy (non-hydrogen) atoms. The molecule has 2 rings (SSSR count). The molecule has 1 heterocycles. The molecule has 1 aromatic heterocycles. The molecule has 3 N–H and O–H groups in total. The summed E-state index contributed by atoms with van der Waals surface area (Å²) in [6, 6.07) is 1.53. The highest BCUT2D eigenvalue weighted by molar-refractivity contribution is 6.32. The molecule has 0 bridgehead atoms. The number of aromatic nitrogens is 2. The number of rotatable bonds is 3. The summed E-state index contributed by atoms with van der Waals surface area (Å²) < 4.78 is 31.4. The van der Waals surface area contributed by atoms with E-state index in [0.29, 0.717) is 6.07 Å². The van der Waals surface area contributed by atoms with Crippen LogP contribution < -0.4 is 10.5 Å². The average molecular weight is 288 g/mol. The molecule has 0 aliphatic heterocycles. The smallest absolute Gasteiger partial charge is 0.240 e. The van der Waals surface area contributed by atoms with Crippen molar-refractivity contribution in [3.63, 3.8) is 0 Å². The van der Waals surface area contributed by atoms with Crippen LogP contribution in [-0.4, -0.2) is 15.1 Å². The Bertz CT molecular complexity index is 602. The van der Waals surface area contributed by atoms with Crippen LogP contribution in [0.25, 0.3) is 0 Å². The van der Waals surface area contributed by atoms with E-state index in [9.17, 15) is 8.78 Å². The third-order valence-electron chi connectivity index (χ3n) is 2.18. The number of halogens is 3. The fourth-order valence-electron chi connectivity index (χ4n) is 1.31. The van der Waals surface area contributed by atoms with Crippen molar-refractivity contribution in [2.75, 3.05) is 5.73 Å². The monoisotopic (exact) mass is 287 g/mol. The molecule has 1 aromatic carbocycles. The van der Waals surface area contributed by atoms with Crippen LogP contribution >= 0.6 is 11.6 Å². The van der Waals surface area contributed by atoms with Gasteiger partial charge in [-0.1, -0.05) is 11.6 Å². The Morgan fingerprint density at radius 3 is 2.68 bits per heavy atom. The highest BCUT2D eigenvalue weighted by atomic mass is 35.5. The van der Waals surface area contributed by atoms with Gasteiger partial charge in [0.2, 0.25) is 5.88 Å². The summed E-state index contributed by atoms with van der Waals surface area (Å²) in [4.78, 5) is 7.53. The van der Waals surface area contributed by atoms with Gasteiger partial charge in [0.05, 0.1) is 17.8 Å². The zero-order valence-electron chi connectivity index (χ0n) is 9.40. The lowest BCUT2D eigenvalue weighted by Crippen LogP contribution is -2.03. The maximum absolute atomic E-state index is 13.5. The molecule has 0 amide bonds. The lowest BCUT2D eigenvalue weighted by molar-refractivity contribution is 0.276. The fraction of sp³-hybridized carbons (Fsp3) is 0.0909. The predicted octanol–water partition coefficient (Wildman–Crippen LogP) is 2.28. The van der Waals surface area contributed by atoms with E-state index in [1.165, 1.54) is 0 Å². The van der Waals surface area contributed by atoms with Crippen molar-refractivity contribution in [1.82, 2.24) is 9.97 Å². The Balaban J connectivity index is 2.34. The quantitative estimate of drug-likeness (QED) is 0.905. The molecule has 0 fully saturated rings. The van der Waals surface area contributed by atoms with Gasteiger partial charge in [-0.15, -0.1) is 0 Å². The number of anilines is 1. The number of hydrogen-bond acceptors (Lipinski definition) is 5. The van der Waals surface area contributed by atoms with Gasteiger partial charge in [0.25, 0.3) is 0 Å². The molecule has 0 saturated carbocycles. The largest absolute Gasteiger partial charge is 0.433 e. The number of aliphatic hydroxyl groups excluding tert-OH is 1. The van der Waals surface area contributed by atoms with Crippen molar-refractivity contribution in [3.05, 3.63) is 40.7 Å². The summed E-state index contributed by atoms with van der Waals surface area (Å²) in [5.74, 6) is -2.36. The van der Waals surface area contributed by atoms with E-state index in [1.807, 2.05) is 0 Å². The van der Waals surface area contributed by atoms with Gasteiger partial charge in [-0.2, -0.15) is 4.98 Å². The van der Waals surface area contributed by atoms with Crippen LogP contribution in [0.4, 0.5) is 14.6 Å². The molecule has 0 unspecified atom stereocenters. The zero-order chi connectivity index (χ0) is 14.0. The number of nitrogens with zero attached hydrogens (tertiary/aromatic N) is 2. The Labute approximate surface area is 111 Å². The van der Waals surface area contributed by atoms with Crippen molar-refractivity contribution >= 4 is 17.4 Å². The number of ether oxygens (including phenoxy) is 1. The van der Waals surface area contributed by atoms with Gasteiger partial charge in [0, 0.05) is 6.07 Å². The summed E-state index contributed by atoms with van der Waals surface area (Å²) in [5.41, 5.74) is 5.65. The minimum atomic E-state index is -0.975. The van der Waals surface area contributed by atoms with Gasteiger partial charge in [-0.05, 0) is 6.07 Å². The molecule has 0 radical (unpaired) electrons. The molecule has 5 nitrogen and oxygen atoms in total. The van der Waals surface area contributed by atoms with Gasteiger partial charge in [0.15, 0.2) is 17.4 Å². The first-order chi connectivity index (χ1) is 9.01. The molecule has 0 aliphatic rings.